The van der Waals surface area contributed by atoms with E-state index in [4.69, 9.17) is 16.3 Å². The normalized spacial score (nSPS) is 12.1. The average Bonchev–Trinajstić information content (AvgIpc) is 3.18. The van der Waals surface area contributed by atoms with E-state index >= 15 is 0 Å². The number of aromatic nitrogens is 2. The van der Waals surface area contributed by atoms with Gasteiger partial charge in [-0.1, -0.05) is 35.9 Å². The van der Waals surface area contributed by atoms with Crippen molar-refractivity contribution < 1.29 is 17.9 Å². The van der Waals surface area contributed by atoms with Crippen molar-refractivity contribution in [2.75, 3.05) is 7.05 Å². The van der Waals surface area contributed by atoms with E-state index in [1.165, 1.54) is 27.3 Å². The largest absolute Gasteiger partial charge is 0.444 e. The Bertz CT molecular complexity index is 1560. The zero-order valence-corrected chi connectivity index (χ0v) is 23.1. The summed E-state index contributed by atoms with van der Waals surface area (Å²) in [6.07, 6.45) is 4.46. The molecule has 0 unspecified atom stereocenters. The van der Waals surface area contributed by atoms with Gasteiger partial charge in [0.25, 0.3) is 10.0 Å². The van der Waals surface area contributed by atoms with Crippen LogP contribution < -0.4 is 0 Å². The fourth-order valence-electron chi connectivity index (χ4n) is 4.04. The van der Waals surface area contributed by atoms with Gasteiger partial charge in [-0.2, -0.15) is 0 Å². The number of ether oxygens (including phenoxy) is 1. The number of nitrogens with zero attached hydrogens (tertiary/aromatic N) is 3. The van der Waals surface area contributed by atoms with Gasteiger partial charge in [0.2, 0.25) is 0 Å². The molecule has 194 valence electrons. The third-order valence-corrected chi connectivity index (χ3v) is 7.83. The van der Waals surface area contributed by atoms with Crippen LogP contribution in [0.15, 0.2) is 72.0 Å². The zero-order valence-electron chi connectivity index (χ0n) is 21.5. The van der Waals surface area contributed by atoms with Crippen molar-refractivity contribution in [1.82, 2.24) is 13.9 Å². The Balaban J connectivity index is 1.79. The summed E-state index contributed by atoms with van der Waals surface area (Å²) in [5.74, 6) is 0. The number of fused-ring (bicyclic) bond motifs is 1. The number of aryl methyl sites for hydroxylation is 1. The van der Waals surface area contributed by atoms with Crippen LogP contribution >= 0.6 is 11.6 Å². The van der Waals surface area contributed by atoms with Crippen LogP contribution in [0.3, 0.4) is 0 Å². The first kappa shape index (κ1) is 26.7. The lowest BCUT2D eigenvalue weighted by Crippen LogP contribution is -2.33. The Morgan fingerprint density at radius 3 is 2.51 bits per heavy atom. The van der Waals surface area contributed by atoms with Crippen molar-refractivity contribution >= 4 is 38.6 Å². The van der Waals surface area contributed by atoms with Gasteiger partial charge < -0.3 is 9.64 Å². The van der Waals surface area contributed by atoms with Crippen LogP contribution in [0, 0.1) is 6.92 Å². The number of rotatable bonds is 6. The lowest BCUT2D eigenvalue weighted by Gasteiger charge is -2.24. The summed E-state index contributed by atoms with van der Waals surface area (Å²) in [4.78, 5) is 18.1. The van der Waals surface area contributed by atoms with Crippen LogP contribution in [0.1, 0.15) is 43.0 Å². The molecule has 0 aliphatic rings. The highest BCUT2D eigenvalue weighted by molar-refractivity contribution is 7.90. The minimum atomic E-state index is -3.94. The molecule has 2 aromatic heterocycles. The van der Waals surface area contributed by atoms with Crippen LogP contribution in [0.4, 0.5) is 4.79 Å². The van der Waals surface area contributed by atoms with Gasteiger partial charge in [-0.15, -0.1) is 0 Å². The van der Waals surface area contributed by atoms with Gasteiger partial charge in [0.15, 0.2) is 0 Å². The first-order valence-corrected chi connectivity index (χ1v) is 13.6. The van der Waals surface area contributed by atoms with E-state index in [2.05, 4.69) is 4.98 Å². The fourth-order valence-corrected chi connectivity index (χ4v) is 5.68. The summed E-state index contributed by atoms with van der Waals surface area (Å²) in [5, 5.41) is 1.39. The summed E-state index contributed by atoms with van der Waals surface area (Å²) >= 11 is 6.46. The maximum Gasteiger partial charge on any atom is 0.410 e. The van der Waals surface area contributed by atoms with Gasteiger partial charge in [0.05, 0.1) is 12.1 Å². The molecule has 2 heterocycles. The molecule has 9 heteroatoms. The monoisotopic (exact) mass is 539 g/mol. The molecule has 0 aliphatic heterocycles. The molecule has 1 amide bonds. The van der Waals surface area contributed by atoms with Crippen molar-refractivity contribution in [3.05, 3.63) is 94.4 Å². The van der Waals surface area contributed by atoms with Gasteiger partial charge in [-0.25, -0.2) is 17.2 Å². The van der Waals surface area contributed by atoms with E-state index in [1.54, 1.807) is 40.1 Å². The fraction of sp³-hybridized carbons (Fsp3) is 0.286. The SMILES string of the molecule is Cc1ccc(Cc2ccc3c(CN(C)C(=O)OC(C)(C)C)cn(S(=O)(=O)c4cccnc4)c3c2)c(Cl)c1. The van der Waals surface area contributed by atoms with Gasteiger partial charge in [-0.3, -0.25) is 4.98 Å². The Hall–Kier alpha value is -3.36. The average molecular weight is 540 g/mol. The van der Waals surface area contributed by atoms with Gasteiger partial charge in [0, 0.05) is 36.0 Å². The highest BCUT2D eigenvalue weighted by atomic mass is 35.5. The second-order valence-corrected chi connectivity index (χ2v) is 12.3. The molecular formula is C28H30ClN3O4S. The predicted octanol–water partition coefficient (Wildman–Crippen LogP) is 6.19. The first-order chi connectivity index (χ1) is 17.3. The van der Waals surface area contributed by atoms with Crippen LogP contribution in [0.25, 0.3) is 10.9 Å². The van der Waals surface area contributed by atoms with Crippen molar-refractivity contribution in [3.63, 3.8) is 0 Å². The Morgan fingerprint density at radius 1 is 1.11 bits per heavy atom. The quantitative estimate of drug-likeness (QED) is 0.292. The third kappa shape index (κ3) is 5.97. The molecule has 4 rings (SSSR count). The smallest absolute Gasteiger partial charge is 0.410 e. The maximum atomic E-state index is 13.6. The summed E-state index contributed by atoms with van der Waals surface area (Å²) in [6.45, 7) is 7.55. The third-order valence-electron chi connectivity index (χ3n) is 5.83. The molecule has 0 fully saturated rings. The molecule has 0 saturated heterocycles. The molecule has 0 N–H and O–H groups in total. The Labute approximate surface area is 222 Å². The van der Waals surface area contributed by atoms with Crippen LogP contribution in [0.2, 0.25) is 5.02 Å². The van der Waals surface area contributed by atoms with E-state index in [0.29, 0.717) is 22.5 Å². The number of carbonyl (C=O) groups excluding carboxylic acids is 1. The second kappa shape index (κ2) is 10.2. The molecule has 0 spiro atoms. The van der Waals surface area contributed by atoms with Crippen LogP contribution in [0.5, 0.6) is 0 Å². The molecule has 4 aromatic rings. The molecule has 0 bridgehead atoms. The Kier molecular flexibility index (Phi) is 7.35. The first-order valence-electron chi connectivity index (χ1n) is 11.8. The number of amides is 1. The zero-order chi connectivity index (χ0) is 27.0. The molecule has 2 aromatic carbocycles. The number of carbonyl (C=O) groups is 1. The van der Waals surface area contributed by atoms with E-state index < -0.39 is 21.7 Å². The van der Waals surface area contributed by atoms with Crippen molar-refractivity contribution in [2.24, 2.45) is 0 Å². The van der Waals surface area contributed by atoms with E-state index in [1.807, 2.05) is 43.3 Å². The lowest BCUT2D eigenvalue weighted by molar-refractivity contribution is 0.0286. The highest BCUT2D eigenvalue weighted by Gasteiger charge is 2.25. The van der Waals surface area contributed by atoms with Gasteiger partial charge in [-0.05, 0) is 80.6 Å². The van der Waals surface area contributed by atoms with Gasteiger partial charge >= 0.3 is 6.09 Å². The maximum absolute atomic E-state index is 13.6. The van der Waals surface area contributed by atoms with E-state index in [9.17, 15) is 13.2 Å². The van der Waals surface area contributed by atoms with Crippen molar-refractivity contribution in [1.29, 1.82) is 0 Å². The molecule has 0 radical (unpaired) electrons. The molecule has 37 heavy (non-hydrogen) atoms. The number of hydrogen-bond acceptors (Lipinski definition) is 5. The standard InChI is InChI=1S/C28H30ClN3O4S/c1-19-8-10-21(25(29)13-19)14-20-9-11-24-22(17-31(5)27(33)36-28(2,3)4)18-32(26(24)15-20)37(34,35)23-7-6-12-30-16-23/h6-13,15-16,18H,14,17H2,1-5H3. The number of halogens is 1. The van der Waals surface area contributed by atoms with E-state index in [-0.39, 0.29) is 11.4 Å². The molecule has 0 saturated carbocycles. The highest BCUT2D eigenvalue weighted by Crippen LogP contribution is 2.30. The van der Waals surface area contributed by atoms with Crippen molar-refractivity contribution in [2.45, 2.75) is 51.2 Å². The second-order valence-electron chi connectivity index (χ2n) is 10.1. The van der Waals surface area contributed by atoms with Crippen molar-refractivity contribution in [3.8, 4) is 0 Å². The molecule has 0 aliphatic carbocycles. The molecular weight excluding hydrogens is 510 g/mol. The summed E-state index contributed by atoms with van der Waals surface area (Å²) in [7, 11) is -2.31. The van der Waals surface area contributed by atoms with Crippen LogP contribution in [-0.2, 0) is 27.7 Å². The predicted molar refractivity (Wildman–Crippen MR) is 145 cm³/mol. The minimum absolute atomic E-state index is 0.0749. The minimum Gasteiger partial charge on any atom is -0.444 e. The van der Waals surface area contributed by atoms with Crippen LogP contribution in [-0.4, -0.2) is 41.0 Å². The Morgan fingerprint density at radius 2 is 1.86 bits per heavy atom. The summed E-state index contributed by atoms with van der Waals surface area (Å²) < 4.78 is 34.0. The molecule has 0 atom stereocenters. The lowest BCUT2D eigenvalue weighted by atomic mass is 10.0. The molecule has 7 nitrogen and oxygen atoms in total. The number of benzene rings is 2. The topological polar surface area (TPSA) is 81.5 Å². The number of hydrogen-bond donors (Lipinski definition) is 0. The summed E-state index contributed by atoms with van der Waals surface area (Å²) in [5.41, 5.74) is 3.47. The van der Waals surface area contributed by atoms with E-state index in [0.717, 1.165) is 22.1 Å². The number of pyridine rings is 1. The van der Waals surface area contributed by atoms with Gasteiger partial charge in [0.1, 0.15) is 10.5 Å². The summed E-state index contributed by atoms with van der Waals surface area (Å²) in [6, 6.07) is 14.7.